The summed E-state index contributed by atoms with van der Waals surface area (Å²) >= 11 is 0. The lowest BCUT2D eigenvalue weighted by Crippen LogP contribution is -2.54. The maximum Gasteiger partial charge on any atom is 0.326 e. The Hall–Kier alpha value is -4.27. The minimum absolute atomic E-state index is 0.0347. The fourth-order valence-corrected chi connectivity index (χ4v) is 2.91. The number of nitrogens with one attached hydrogen (secondary N) is 5. The van der Waals surface area contributed by atoms with E-state index in [4.69, 9.17) is 11.5 Å². The van der Waals surface area contributed by atoms with Crippen LogP contribution in [-0.2, 0) is 36.8 Å². The molecule has 2 aromatic rings. The minimum Gasteiger partial charge on any atom is -0.480 e. The van der Waals surface area contributed by atoms with E-state index in [-0.39, 0.29) is 25.7 Å². The van der Waals surface area contributed by atoms with Gasteiger partial charge in [-0.25, -0.2) is 14.8 Å². The topological polar surface area (TPSA) is 251 Å². The van der Waals surface area contributed by atoms with Crippen LogP contribution in [-0.4, -0.2) is 79.3 Å². The van der Waals surface area contributed by atoms with Crippen molar-refractivity contribution >= 4 is 29.6 Å². The third-order valence-electron chi connectivity index (χ3n) is 4.68. The second-order valence-electron chi connectivity index (χ2n) is 7.41. The molecule has 0 aromatic carbocycles. The smallest absolute Gasteiger partial charge is 0.326 e. The zero-order chi connectivity index (χ0) is 25.1. The molecule has 0 fully saturated rings. The summed E-state index contributed by atoms with van der Waals surface area (Å²) in [4.78, 5) is 72.9. The second-order valence-corrected chi connectivity index (χ2v) is 7.41. The number of nitrogens with zero attached hydrogens (tertiary/aromatic N) is 2. The van der Waals surface area contributed by atoms with Gasteiger partial charge in [0.05, 0.1) is 25.2 Å². The summed E-state index contributed by atoms with van der Waals surface area (Å²) in [6.45, 7) is -0.466. The van der Waals surface area contributed by atoms with E-state index in [0.717, 1.165) is 0 Å². The van der Waals surface area contributed by atoms with Gasteiger partial charge < -0.3 is 42.5 Å². The summed E-state index contributed by atoms with van der Waals surface area (Å²) in [6, 6.07) is -3.51. The number of aromatic amines is 2. The first-order valence-corrected chi connectivity index (χ1v) is 10.2. The summed E-state index contributed by atoms with van der Waals surface area (Å²) in [6.07, 6.45) is 5.45. The number of hydrogen-bond acceptors (Lipinski definition) is 8. The third-order valence-corrected chi connectivity index (χ3v) is 4.68. The second kappa shape index (κ2) is 12.7. The molecule has 2 rings (SSSR count). The Balaban J connectivity index is 1.96. The Morgan fingerprint density at radius 2 is 1.56 bits per heavy atom. The van der Waals surface area contributed by atoms with Crippen LogP contribution in [0.2, 0.25) is 0 Å². The average Bonchev–Trinajstić information content (AvgIpc) is 3.48. The molecule has 15 heteroatoms. The zero-order valence-corrected chi connectivity index (χ0v) is 18.1. The molecule has 0 spiro atoms. The number of primary amides is 1. The predicted octanol–water partition coefficient (Wildman–Crippen LogP) is -3.32. The molecule has 184 valence electrons. The number of carboxylic acids is 1. The van der Waals surface area contributed by atoms with Gasteiger partial charge >= 0.3 is 5.97 Å². The quantitative estimate of drug-likeness (QED) is 0.135. The number of carbonyl (C=O) groups is 5. The largest absolute Gasteiger partial charge is 0.480 e. The number of carboxylic acid groups (broad SMARTS) is 1. The molecule has 15 nitrogen and oxygen atoms in total. The van der Waals surface area contributed by atoms with Gasteiger partial charge in [0.2, 0.25) is 23.6 Å². The fraction of sp³-hybridized carbons (Fsp3) is 0.421. The molecule has 0 aliphatic heterocycles. The Morgan fingerprint density at radius 3 is 2.09 bits per heavy atom. The van der Waals surface area contributed by atoms with E-state index in [0.29, 0.717) is 11.4 Å². The fourth-order valence-electron chi connectivity index (χ4n) is 2.91. The highest BCUT2D eigenvalue weighted by molar-refractivity contribution is 5.92. The van der Waals surface area contributed by atoms with Crippen molar-refractivity contribution in [2.24, 2.45) is 11.5 Å². The van der Waals surface area contributed by atoms with Crippen molar-refractivity contribution in [1.29, 1.82) is 0 Å². The third kappa shape index (κ3) is 8.70. The lowest BCUT2D eigenvalue weighted by atomic mass is 10.1. The number of carbonyl (C=O) groups excluding carboxylic acids is 4. The van der Waals surface area contributed by atoms with Gasteiger partial charge in [-0.3, -0.25) is 19.2 Å². The van der Waals surface area contributed by atoms with Crippen molar-refractivity contribution in [1.82, 2.24) is 35.9 Å². The molecule has 2 aromatic heterocycles. The molecule has 0 saturated carbocycles. The lowest BCUT2D eigenvalue weighted by Gasteiger charge is -2.21. The van der Waals surface area contributed by atoms with Crippen LogP contribution in [0.25, 0.3) is 0 Å². The average molecular weight is 477 g/mol. The number of aliphatic carboxylic acids is 1. The van der Waals surface area contributed by atoms with Crippen molar-refractivity contribution in [2.75, 3.05) is 6.54 Å². The van der Waals surface area contributed by atoms with Crippen LogP contribution >= 0.6 is 0 Å². The molecule has 3 atom stereocenters. The molecule has 0 saturated heterocycles. The van der Waals surface area contributed by atoms with E-state index in [1.54, 1.807) is 0 Å². The summed E-state index contributed by atoms with van der Waals surface area (Å²) < 4.78 is 0. The van der Waals surface area contributed by atoms with Crippen molar-refractivity contribution in [3.05, 3.63) is 36.4 Å². The molecular weight excluding hydrogens is 450 g/mol. The highest BCUT2D eigenvalue weighted by Crippen LogP contribution is 2.03. The Bertz CT molecular complexity index is 977. The first-order chi connectivity index (χ1) is 16.2. The van der Waals surface area contributed by atoms with Gasteiger partial charge in [-0.15, -0.1) is 0 Å². The van der Waals surface area contributed by atoms with Gasteiger partial charge in [0, 0.05) is 43.0 Å². The van der Waals surface area contributed by atoms with Crippen molar-refractivity contribution in [2.45, 2.75) is 43.8 Å². The van der Waals surface area contributed by atoms with Crippen LogP contribution in [0.5, 0.6) is 0 Å². The van der Waals surface area contributed by atoms with E-state index < -0.39 is 54.3 Å². The number of amides is 4. The Labute approximate surface area is 193 Å². The van der Waals surface area contributed by atoms with Gasteiger partial charge in [-0.05, 0) is 6.42 Å². The summed E-state index contributed by atoms with van der Waals surface area (Å²) in [5, 5.41) is 16.4. The van der Waals surface area contributed by atoms with Crippen molar-refractivity contribution < 1.29 is 29.1 Å². The SMILES string of the molecule is NC(=O)CCC(NC(=O)C(Cc1cnc[nH]1)NC(=O)CNC(=O)C(N)Cc1cnc[nH]1)C(=O)O. The van der Waals surface area contributed by atoms with Crippen molar-refractivity contribution in [3.63, 3.8) is 0 Å². The lowest BCUT2D eigenvalue weighted by molar-refractivity contribution is -0.142. The highest BCUT2D eigenvalue weighted by atomic mass is 16.4. The Kier molecular flexibility index (Phi) is 9.70. The predicted molar refractivity (Wildman–Crippen MR) is 115 cm³/mol. The summed E-state index contributed by atoms with van der Waals surface area (Å²) in [7, 11) is 0. The normalized spacial score (nSPS) is 13.3. The Morgan fingerprint density at radius 1 is 0.941 bits per heavy atom. The first-order valence-electron chi connectivity index (χ1n) is 10.2. The van der Waals surface area contributed by atoms with Crippen LogP contribution in [0.4, 0.5) is 0 Å². The van der Waals surface area contributed by atoms with Gasteiger partial charge in [-0.1, -0.05) is 0 Å². The van der Waals surface area contributed by atoms with Crippen LogP contribution in [0, 0.1) is 0 Å². The van der Waals surface area contributed by atoms with Gasteiger partial charge in [0.25, 0.3) is 0 Å². The van der Waals surface area contributed by atoms with Crippen LogP contribution in [0.15, 0.2) is 25.0 Å². The first kappa shape index (κ1) is 26.0. The van der Waals surface area contributed by atoms with E-state index in [1.807, 2.05) is 0 Å². The molecule has 3 unspecified atom stereocenters. The van der Waals surface area contributed by atoms with E-state index in [1.165, 1.54) is 25.0 Å². The molecule has 2 heterocycles. The zero-order valence-electron chi connectivity index (χ0n) is 18.1. The maximum absolute atomic E-state index is 12.7. The summed E-state index contributed by atoms with van der Waals surface area (Å²) in [5.41, 5.74) is 12.0. The van der Waals surface area contributed by atoms with Gasteiger partial charge in [0.15, 0.2) is 0 Å². The summed E-state index contributed by atoms with van der Waals surface area (Å²) in [5.74, 6) is -4.17. The molecular formula is C19H27N9O6. The minimum atomic E-state index is -1.39. The molecule has 0 aliphatic rings. The number of imidazole rings is 2. The molecule has 10 N–H and O–H groups in total. The highest BCUT2D eigenvalue weighted by Gasteiger charge is 2.27. The van der Waals surface area contributed by atoms with Crippen LogP contribution in [0.3, 0.4) is 0 Å². The van der Waals surface area contributed by atoms with E-state index in [9.17, 15) is 29.1 Å². The standard InChI is InChI=1S/C19H27N9O6/c20-12(3-10-5-22-8-25-10)17(31)24-7-16(30)27-14(4-11-6-23-9-26-11)18(32)28-13(19(33)34)1-2-15(21)29/h5-6,8-9,12-14H,1-4,7,20H2,(H2,21,29)(H,22,25)(H,23,26)(H,24,31)(H,27,30)(H,28,32)(H,33,34). The molecule has 0 radical (unpaired) electrons. The molecule has 34 heavy (non-hydrogen) atoms. The van der Waals surface area contributed by atoms with Crippen molar-refractivity contribution in [3.8, 4) is 0 Å². The number of hydrogen-bond donors (Lipinski definition) is 8. The monoisotopic (exact) mass is 477 g/mol. The van der Waals surface area contributed by atoms with Gasteiger partial charge in [0.1, 0.15) is 12.1 Å². The van der Waals surface area contributed by atoms with Crippen LogP contribution in [0.1, 0.15) is 24.2 Å². The number of aromatic nitrogens is 4. The number of rotatable bonds is 14. The van der Waals surface area contributed by atoms with Gasteiger partial charge in [-0.2, -0.15) is 0 Å². The molecule has 0 aliphatic carbocycles. The molecule has 4 amide bonds. The molecule has 0 bridgehead atoms. The number of nitrogens with two attached hydrogens (primary N) is 2. The number of H-pyrrole nitrogens is 2. The maximum atomic E-state index is 12.7. The van der Waals surface area contributed by atoms with E-state index in [2.05, 4.69) is 35.9 Å². The van der Waals surface area contributed by atoms with Crippen LogP contribution < -0.4 is 27.4 Å². The van der Waals surface area contributed by atoms with E-state index >= 15 is 0 Å².